The third-order valence-electron chi connectivity index (χ3n) is 7.17. The Balaban J connectivity index is 1.34. The van der Waals surface area contributed by atoms with Crippen LogP contribution in [-0.4, -0.2) is 70.5 Å². The van der Waals surface area contributed by atoms with E-state index in [4.69, 9.17) is 5.41 Å². The van der Waals surface area contributed by atoms with Crippen LogP contribution in [0.25, 0.3) is 0 Å². The van der Waals surface area contributed by atoms with Gasteiger partial charge >= 0.3 is 0 Å². The number of nitrogens with two attached hydrogens (primary N) is 1. The molecule has 8 nitrogen and oxygen atoms in total. The Morgan fingerprint density at radius 1 is 1.19 bits per heavy atom. The van der Waals surface area contributed by atoms with Crippen molar-refractivity contribution in [1.29, 1.82) is 5.41 Å². The molecule has 0 radical (unpaired) electrons. The number of carbonyl (C=O) groups excluding carboxylic acids is 2. The molecule has 1 aromatic heterocycles. The van der Waals surface area contributed by atoms with Crippen LogP contribution in [0.2, 0.25) is 0 Å². The maximum absolute atomic E-state index is 13.0. The van der Waals surface area contributed by atoms with E-state index in [1.165, 1.54) is 43.4 Å². The van der Waals surface area contributed by atoms with Crippen molar-refractivity contribution in [3.8, 4) is 0 Å². The summed E-state index contributed by atoms with van der Waals surface area (Å²) in [5.74, 6) is -0.0939. The molecule has 3 fully saturated rings. The van der Waals surface area contributed by atoms with Crippen molar-refractivity contribution in [2.75, 3.05) is 13.6 Å². The van der Waals surface area contributed by atoms with Gasteiger partial charge in [0.25, 0.3) is 5.91 Å². The highest BCUT2D eigenvalue weighted by Crippen LogP contribution is 2.29. The number of nitrogens with one attached hydrogen (secondary N) is 2. The summed E-state index contributed by atoms with van der Waals surface area (Å²) in [4.78, 5) is 29.1. The second kappa shape index (κ2) is 9.99. The van der Waals surface area contributed by atoms with Crippen LogP contribution in [0.3, 0.4) is 0 Å². The van der Waals surface area contributed by atoms with E-state index in [1.54, 1.807) is 23.8 Å². The zero-order valence-electron chi connectivity index (χ0n) is 19.1. The van der Waals surface area contributed by atoms with E-state index in [0.29, 0.717) is 16.6 Å². The Kier molecular flexibility index (Phi) is 7.29. The quantitative estimate of drug-likeness (QED) is 0.483. The van der Waals surface area contributed by atoms with Crippen LogP contribution in [0.1, 0.15) is 79.9 Å². The maximum atomic E-state index is 13.0. The highest BCUT2D eigenvalue weighted by atomic mass is 32.1. The number of hydrogen-bond donors (Lipinski definition) is 4. The van der Waals surface area contributed by atoms with Crippen molar-refractivity contribution in [3.05, 3.63) is 16.5 Å². The second-order valence-corrected chi connectivity index (χ2v) is 10.7. The Bertz CT molecular complexity index is 858. The van der Waals surface area contributed by atoms with Crippen LogP contribution in [0, 0.1) is 5.41 Å². The van der Waals surface area contributed by atoms with E-state index in [0.717, 1.165) is 36.2 Å². The van der Waals surface area contributed by atoms with E-state index in [-0.39, 0.29) is 30.4 Å². The molecule has 0 bridgehead atoms. The van der Waals surface area contributed by atoms with E-state index in [2.05, 4.69) is 10.6 Å². The summed E-state index contributed by atoms with van der Waals surface area (Å²) in [7, 11) is 1.75. The van der Waals surface area contributed by atoms with E-state index < -0.39 is 6.35 Å². The number of aliphatic hydroxyl groups excluding tert-OH is 1. The number of quaternary nitrogens is 1. The molecule has 4 rings (SSSR count). The summed E-state index contributed by atoms with van der Waals surface area (Å²) < 4.78 is 0. The van der Waals surface area contributed by atoms with Gasteiger partial charge in [0.05, 0.1) is 23.0 Å². The number of rotatable bonds is 6. The largest absolute Gasteiger partial charge is 0.361 e. The number of nitrogens with zero attached hydrogens (tertiary/aromatic N) is 2. The van der Waals surface area contributed by atoms with Crippen molar-refractivity contribution >= 4 is 33.9 Å². The number of thiophene rings is 1. The van der Waals surface area contributed by atoms with Crippen molar-refractivity contribution in [2.45, 2.75) is 89.2 Å². The number of likely N-dealkylation sites (N-methyl/N-ethyl adjacent to an activating group) is 1. The average Bonchev–Trinajstić information content (AvgIpc) is 3.30. The molecule has 1 atom stereocenters. The molecular weight excluding hydrogens is 426 g/mol. The summed E-state index contributed by atoms with van der Waals surface area (Å²) >= 11 is 1.50. The van der Waals surface area contributed by atoms with Crippen LogP contribution in [-0.2, 0) is 4.79 Å². The molecule has 3 aliphatic rings. The summed E-state index contributed by atoms with van der Waals surface area (Å²) in [5, 5.41) is 24.9. The normalized spacial score (nSPS) is 27.7. The van der Waals surface area contributed by atoms with Crippen molar-refractivity contribution in [1.82, 2.24) is 15.1 Å². The highest BCUT2D eigenvalue weighted by molar-refractivity contribution is 7.17. The van der Waals surface area contributed by atoms with Crippen molar-refractivity contribution in [3.63, 3.8) is 0 Å². The molecule has 2 saturated carbocycles. The molecule has 1 saturated heterocycles. The van der Waals surface area contributed by atoms with Crippen LogP contribution in [0.5, 0.6) is 0 Å². The first-order chi connectivity index (χ1) is 15.3. The first kappa shape index (κ1) is 23.4. The average molecular weight is 463 g/mol. The monoisotopic (exact) mass is 462 g/mol. The SMILES string of the molecule is CC(=N)c1cc(C(=O)NC2CCC(N3C(=O)CN(C)C3O)CC2)sc1[NH2+]C1CCCCC1. The molecule has 2 aliphatic carbocycles. The zero-order valence-corrected chi connectivity index (χ0v) is 19.9. The molecule has 32 heavy (non-hydrogen) atoms. The molecule has 0 aromatic carbocycles. The molecule has 0 spiro atoms. The van der Waals surface area contributed by atoms with E-state index in [9.17, 15) is 14.7 Å². The standard InChI is InChI=1S/C23H35N5O3S/c1-14(24)18-12-19(32-22(18)26-15-6-4-3-5-7-15)21(30)25-16-8-10-17(11-9-16)28-20(29)13-27(2)23(28)31/h12,15-17,23-24,26,31H,3-11,13H2,1-2H3,(H,25,30)/p+1. The first-order valence-electron chi connectivity index (χ1n) is 11.9. The Labute approximate surface area is 193 Å². The molecule has 1 unspecified atom stereocenters. The summed E-state index contributed by atoms with van der Waals surface area (Å²) in [6, 6.07) is 2.52. The van der Waals surface area contributed by atoms with Crippen LogP contribution >= 0.6 is 11.3 Å². The van der Waals surface area contributed by atoms with Gasteiger partial charge in [-0.3, -0.25) is 19.4 Å². The molecule has 1 aromatic rings. The van der Waals surface area contributed by atoms with Crippen molar-refractivity contribution < 1.29 is 20.0 Å². The lowest BCUT2D eigenvalue weighted by atomic mass is 9.90. The fraction of sp³-hybridized carbons (Fsp3) is 0.696. The maximum Gasteiger partial charge on any atom is 0.261 e. The molecular formula is C23H36N5O3S+. The Hall–Kier alpha value is -1.81. The molecule has 1 aliphatic heterocycles. The van der Waals surface area contributed by atoms with Gasteiger partial charge in [0, 0.05) is 17.8 Å². The van der Waals surface area contributed by atoms with Gasteiger partial charge in [0.2, 0.25) is 5.91 Å². The van der Waals surface area contributed by atoms with Crippen LogP contribution in [0.4, 0.5) is 5.00 Å². The lowest BCUT2D eigenvalue weighted by Gasteiger charge is -2.36. The minimum absolute atomic E-state index is 0.0256. The smallest absolute Gasteiger partial charge is 0.261 e. The fourth-order valence-corrected chi connectivity index (χ4v) is 6.46. The second-order valence-electron chi connectivity index (χ2n) is 9.62. The van der Waals surface area contributed by atoms with Gasteiger partial charge in [-0.25, -0.2) is 0 Å². The molecule has 5 N–H and O–H groups in total. The fourth-order valence-electron chi connectivity index (χ4n) is 5.31. The predicted octanol–water partition coefficient (Wildman–Crippen LogP) is 1.75. The molecule has 9 heteroatoms. The molecule has 2 heterocycles. The summed E-state index contributed by atoms with van der Waals surface area (Å²) in [6.07, 6.45) is 8.52. The third kappa shape index (κ3) is 5.06. The predicted molar refractivity (Wildman–Crippen MR) is 124 cm³/mol. The number of amides is 2. The molecule has 2 amide bonds. The van der Waals surface area contributed by atoms with Gasteiger partial charge in [0.1, 0.15) is 0 Å². The van der Waals surface area contributed by atoms with Crippen LogP contribution < -0.4 is 10.6 Å². The van der Waals surface area contributed by atoms with Gasteiger partial charge in [-0.15, -0.1) is 0 Å². The lowest BCUT2D eigenvalue weighted by Crippen LogP contribution is -2.84. The van der Waals surface area contributed by atoms with E-state index in [1.807, 2.05) is 6.07 Å². The van der Waals surface area contributed by atoms with Crippen LogP contribution in [0.15, 0.2) is 6.07 Å². The van der Waals surface area contributed by atoms with Gasteiger partial charge in [-0.2, -0.15) is 0 Å². The topological polar surface area (TPSA) is 113 Å². The van der Waals surface area contributed by atoms with Gasteiger partial charge < -0.3 is 21.1 Å². The lowest BCUT2D eigenvalue weighted by molar-refractivity contribution is -0.610. The first-order valence-corrected chi connectivity index (χ1v) is 12.7. The summed E-state index contributed by atoms with van der Waals surface area (Å²) in [6.45, 7) is 2.04. The zero-order chi connectivity index (χ0) is 22.8. The summed E-state index contributed by atoms with van der Waals surface area (Å²) in [5.41, 5.74) is 1.38. The Morgan fingerprint density at radius 2 is 1.88 bits per heavy atom. The highest BCUT2D eigenvalue weighted by Gasteiger charge is 2.40. The van der Waals surface area contributed by atoms with E-state index >= 15 is 0 Å². The number of carbonyl (C=O) groups is 2. The Morgan fingerprint density at radius 3 is 2.47 bits per heavy atom. The van der Waals surface area contributed by atoms with Gasteiger partial charge in [0.15, 0.2) is 11.4 Å². The minimum atomic E-state index is -0.841. The third-order valence-corrected chi connectivity index (χ3v) is 8.27. The molecule has 176 valence electrons. The number of aliphatic hydroxyl groups is 1. The van der Waals surface area contributed by atoms with Gasteiger partial charge in [-0.05, 0) is 71.4 Å². The number of hydrogen-bond acceptors (Lipinski definition) is 6. The minimum Gasteiger partial charge on any atom is -0.361 e. The van der Waals surface area contributed by atoms with Crippen molar-refractivity contribution in [2.24, 2.45) is 0 Å². The van der Waals surface area contributed by atoms with Gasteiger partial charge in [-0.1, -0.05) is 17.8 Å².